The fourth-order valence-corrected chi connectivity index (χ4v) is 5.49. The van der Waals surface area contributed by atoms with Crippen LogP contribution in [0.5, 0.6) is 0 Å². The van der Waals surface area contributed by atoms with Gasteiger partial charge in [0.05, 0.1) is 12.2 Å². The molecule has 4 nitrogen and oxygen atoms in total. The van der Waals surface area contributed by atoms with Gasteiger partial charge in [0.1, 0.15) is 0 Å². The van der Waals surface area contributed by atoms with Crippen LogP contribution in [0.2, 0.25) is 0 Å². The second kappa shape index (κ2) is 9.88. The summed E-state index contributed by atoms with van der Waals surface area (Å²) in [5, 5.41) is 23.7. The molecule has 27 heavy (non-hydrogen) atoms. The van der Waals surface area contributed by atoms with Crippen LogP contribution in [0.15, 0.2) is 23.8 Å². The third kappa shape index (κ3) is 5.45. The third-order valence-electron chi connectivity index (χ3n) is 6.94. The number of amides is 1. The number of carbonyl (C=O) groups excluding carboxylic acids is 1. The molecule has 0 unspecified atom stereocenters. The highest BCUT2D eigenvalue weighted by atomic mass is 16.3. The zero-order chi connectivity index (χ0) is 19.2. The molecule has 3 aliphatic carbocycles. The molecule has 0 aliphatic heterocycles. The lowest BCUT2D eigenvalue weighted by atomic mass is 9.89. The summed E-state index contributed by atoms with van der Waals surface area (Å²) < 4.78 is 0. The fraction of sp³-hybridized carbons (Fsp3) is 0.783. The van der Waals surface area contributed by atoms with Gasteiger partial charge in [0.2, 0.25) is 5.91 Å². The van der Waals surface area contributed by atoms with Gasteiger partial charge in [0.15, 0.2) is 0 Å². The van der Waals surface area contributed by atoms with Crippen LogP contribution in [0.3, 0.4) is 0 Å². The topological polar surface area (TPSA) is 69.6 Å². The summed E-state index contributed by atoms with van der Waals surface area (Å²) in [6, 6.07) is 0. The summed E-state index contributed by atoms with van der Waals surface area (Å²) in [5.74, 6) is 1.84. The van der Waals surface area contributed by atoms with E-state index >= 15 is 0 Å². The van der Waals surface area contributed by atoms with E-state index in [9.17, 15) is 15.0 Å². The third-order valence-corrected chi connectivity index (χ3v) is 6.94. The zero-order valence-electron chi connectivity index (χ0n) is 16.8. The maximum atomic E-state index is 11.5. The van der Waals surface area contributed by atoms with Gasteiger partial charge in [0.25, 0.3) is 0 Å². The Labute approximate surface area is 164 Å². The van der Waals surface area contributed by atoms with Gasteiger partial charge < -0.3 is 15.5 Å². The number of carbonyl (C=O) groups is 1. The van der Waals surface area contributed by atoms with Gasteiger partial charge in [-0.2, -0.15) is 0 Å². The normalized spacial score (nSPS) is 33.8. The van der Waals surface area contributed by atoms with Crippen LogP contribution in [0, 0.1) is 23.7 Å². The van der Waals surface area contributed by atoms with Gasteiger partial charge in [-0.05, 0) is 69.6 Å². The first-order chi connectivity index (χ1) is 13.1. The molecule has 0 bridgehead atoms. The molecule has 0 saturated heterocycles. The Morgan fingerprint density at radius 3 is 2.81 bits per heavy atom. The molecule has 3 aliphatic rings. The average molecular weight is 376 g/mol. The number of rotatable bonds is 8. The molecule has 0 radical (unpaired) electrons. The van der Waals surface area contributed by atoms with E-state index in [1.165, 1.54) is 18.4 Å². The molecule has 3 rings (SSSR count). The molecule has 0 aromatic heterocycles. The van der Waals surface area contributed by atoms with E-state index < -0.39 is 0 Å². The van der Waals surface area contributed by atoms with Crippen molar-refractivity contribution in [2.24, 2.45) is 23.7 Å². The highest BCUT2D eigenvalue weighted by Crippen LogP contribution is 2.50. The quantitative estimate of drug-likeness (QED) is 0.447. The summed E-state index contributed by atoms with van der Waals surface area (Å²) in [5.41, 5.74) is 1.50. The molecule has 4 heteroatoms. The zero-order valence-corrected chi connectivity index (χ0v) is 16.8. The average Bonchev–Trinajstić information content (AvgIpc) is 3.34. The van der Waals surface area contributed by atoms with Crippen LogP contribution >= 0.6 is 0 Å². The van der Waals surface area contributed by atoms with Crippen molar-refractivity contribution in [1.82, 2.24) is 5.32 Å². The summed E-state index contributed by atoms with van der Waals surface area (Å²) in [6.45, 7) is 2.65. The van der Waals surface area contributed by atoms with Crippen molar-refractivity contribution in [2.45, 2.75) is 83.3 Å². The molecule has 0 aromatic rings. The Hall–Kier alpha value is -1.13. The molecule has 0 heterocycles. The lowest BCUT2D eigenvalue weighted by Crippen LogP contribution is -2.21. The first kappa shape index (κ1) is 20.6. The van der Waals surface area contributed by atoms with E-state index in [2.05, 4.69) is 17.5 Å². The number of aliphatic hydroxyl groups excluding tert-OH is 2. The summed E-state index contributed by atoms with van der Waals surface area (Å²) >= 11 is 0. The minimum Gasteiger partial charge on any atom is -0.392 e. The van der Waals surface area contributed by atoms with E-state index in [-0.39, 0.29) is 24.0 Å². The van der Waals surface area contributed by atoms with Crippen molar-refractivity contribution in [1.29, 1.82) is 0 Å². The van der Waals surface area contributed by atoms with E-state index in [0.717, 1.165) is 44.9 Å². The SMILES string of the molecule is CCNC(=O)CCC/C=C1\C[C@H]2C[C@@H](O)[C@H](/C=C/[C@@H](O)C3CCCC3)[C@H]2C1. The van der Waals surface area contributed by atoms with Crippen LogP contribution < -0.4 is 5.32 Å². The number of allylic oxidation sites excluding steroid dienone is 2. The Bertz CT molecular complexity index is 550. The molecule has 0 aromatic carbocycles. The Balaban J connectivity index is 1.48. The van der Waals surface area contributed by atoms with Crippen molar-refractivity contribution >= 4 is 5.91 Å². The second-order valence-electron chi connectivity index (χ2n) is 8.84. The van der Waals surface area contributed by atoms with E-state index in [1.54, 1.807) is 0 Å². The monoisotopic (exact) mass is 375 g/mol. The maximum Gasteiger partial charge on any atom is 0.219 e. The lowest BCUT2D eigenvalue weighted by molar-refractivity contribution is -0.121. The Kier molecular flexibility index (Phi) is 7.54. The van der Waals surface area contributed by atoms with Gasteiger partial charge in [-0.1, -0.05) is 36.6 Å². The lowest BCUT2D eigenvalue weighted by Gasteiger charge is -2.19. The number of nitrogens with one attached hydrogen (secondary N) is 1. The van der Waals surface area contributed by atoms with Gasteiger partial charge in [0, 0.05) is 18.9 Å². The van der Waals surface area contributed by atoms with Crippen molar-refractivity contribution in [3.63, 3.8) is 0 Å². The van der Waals surface area contributed by atoms with E-state index in [4.69, 9.17) is 0 Å². The molecular formula is C23H37NO3. The van der Waals surface area contributed by atoms with Crippen LogP contribution in [-0.2, 0) is 4.79 Å². The summed E-state index contributed by atoms with van der Waals surface area (Å²) in [7, 11) is 0. The number of aliphatic hydroxyl groups is 2. The first-order valence-corrected chi connectivity index (χ1v) is 11.1. The van der Waals surface area contributed by atoms with Crippen LogP contribution in [0.1, 0.15) is 71.1 Å². The first-order valence-electron chi connectivity index (χ1n) is 11.1. The van der Waals surface area contributed by atoms with Gasteiger partial charge in [-0.3, -0.25) is 4.79 Å². The summed E-state index contributed by atoms with van der Waals surface area (Å²) in [6.07, 6.45) is 16.1. The molecule has 1 amide bonds. The molecule has 0 spiro atoms. The van der Waals surface area contributed by atoms with Crippen molar-refractivity contribution in [3.8, 4) is 0 Å². The molecule has 152 valence electrons. The standard InChI is InChI=1S/C23H37NO3/c1-2-24-23(27)10-6-3-7-16-13-18-15-22(26)19(20(18)14-16)11-12-21(25)17-8-4-5-9-17/h7,11-12,17-22,25-26H,2-6,8-10,13-15H2,1H3,(H,24,27)/b12-11+,16-7+/t18-,19+,20-,21+,22+/m0/s1. The second-order valence-corrected chi connectivity index (χ2v) is 8.84. The van der Waals surface area contributed by atoms with Crippen LogP contribution in [0.4, 0.5) is 0 Å². The Morgan fingerprint density at radius 1 is 1.30 bits per heavy atom. The minimum absolute atomic E-state index is 0.147. The molecular weight excluding hydrogens is 338 g/mol. The Morgan fingerprint density at radius 2 is 2.07 bits per heavy atom. The fourth-order valence-electron chi connectivity index (χ4n) is 5.49. The predicted molar refractivity (Wildman–Crippen MR) is 108 cm³/mol. The number of hydrogen-bond acceptors (Lipinski definition) is 3. The number of unbranched alkanes of at least 4 members (excludes halogenated alkanes) is 1. The van der Waals surface area contributed by atoms with Crippen LogP contribution in [0.25, 0.3) is 0 Å². The van der Waals surface area contributed by atoms with E-state index in [1.807, 2.05) is 13.0 Å². The summed E-state index contributed by atoms with van der Waals surface area (Å²) in [4.78, 5) is 11.5. The predicted octanol–water partition coefficient (Wildman–Crippen LogP) is 3.73. The van der Waals surface area contributed by atoms with Crippen molar-refractivity contribution in [3.05, 3.63) is 23.8 Å². The molecule has 3 fully saturated rings. The highest BCUT2D eigenvalue weighted by molar-refractivity contribution is 5.75. The smallest absolute Gasteiger partial charge is 0.219 e. The maximum absolute atomic E-state index is 11.5. The largest absolute Gasteiger partial charge is 0.392 e. The van der Waals surface area contributed by atoms with Gasteiger partial charge in [-0.25, -0.2) is 0 Å². The molecule has 3 saturated carbocycles. The van der Waals surface area contributed by atoms with E-state index in [0.29, 0.717) is 30.7 Å². The molecule has 5 atom stereocenters. The van der Waals surface area contributed by atoms with Gasteiger partial charge >= 0.3 is 0 Å². The molecule has 3 N–H and O–H groups in total. The van der Waals surface area contributed by atoms with Crippen LogP contribution in [-0.4, -0.2) is 34.9 Å². The van der Waals surface area contributed by atoms with Gasteiger partial charge in [-0.15, -0.1) is 0 Å². The van der Waals surface area contributed by atoms with Crippen molar-refractivity contribution < 1.29 is 15.0 Å². The van der Waals surface area contributed by atoms with Crippen molar-refractivity contribution in [2.75, 3.05) is 6.54 Å². The number of fused-ring (bicyclic) bond motifs is 1. The highest BCUT2D eigenvalue weighted by Gasteiger charge is 2.45. The number of hydrogen-bond donors (Lipinski definition) is 3. The minimum atomic E-state index is -0.343.